The molecule has 1 aliphatic heterocycles. The summed E-state index contributed by atoms with van der Waals surface area (Å²) in [7, 11) is -0.280. The molecule has 0 radical (unpaired) electrons. The van der Waals surface area contributed by atoms with Crippen molar-refractivity contribution in [3.8, 4) is 34.3 Å². The smallest absolute Gasteiger partial charge is 0.453 e. The van der Waals surface area contributed by atoms with Crippen molar-refractivity contribution in [3.05, 3.63) is 234 Å². The van der Waals surface area contributed by atoms with Gasteiger partial charge < -0.3 is 18.8 Å². The molecule has 0 bridgehead atoms. The van der Waals surface area contributed by atoms with Gasteiger partial charge in [-0.3, -0.25) is 44.1 Å². The molecule has 2 saturated carbocycles. The first-order chi connectivity index (χ1) is 43.2. The van der Waals surface area contributed by atoms with Crippen LogP contribution in [0.2, 0.25) is 5.15 Å². The molecule has 6 aromatic heterocycles. The third-order valence-electron chi connectivity index (χ3n) is 16.7. The van der Waals surface area contributed by atoms with E-state index in [4.69, 9.17) is 30.4 Å². The maximum Gasteiger partial charge on any atom is 0.494 e. The number of hydrogen-bond donors (Lipinski definition) is 0. The molecule has 3 fully saturated rings. The Morgan fingerprint density at radius 2 is 0.867 bits per heavy atom. The molecule has 0 atom stereocenters. The molecule has 1 saturated heterocycles. The van der Waals surface area contributed by atoms with Crippen LogP contribution in [0, 0.1) is 34.1 Å². The molecule has 4 aromatic carbocycles. The molecule has 0 amide bonds. The highest BCUT2D eigenvalue weighted by atomic mass is 35.5. The highest BCUT2D eigenvalue weighted by Gasteiger charge is 2.56. The van der Waals surface area contributed by atoms with Gasteiger partial charge in [0.2, 0.25) is 0 Å². The summed E-state index contributed by atoms with van der Waals surface area (Å²) in [6.45, 7) is 8.20. The van der Waals surface area contributed by atoms with E-state index in [0.29, 0.717) is 81.2 Å². The zero-order chi connectivity index (χ0) is 63.4. The number of pyridine rings is 6. The Balaban J connectivity index is 0.000000152. The topological polar surface area (TPSA) is 183 Å². The van der Waals surface area contributed by atoms with Crippen LogP contribution in [0.3, 0.4) is 0 Å². The largest absolute Gasteiger partial charge is 0.494 e. The van der Waals surface area contributed by atoms with Crippen molar-refractivity contribution in [1.82, 2.24) is 29.9 Å². The van der Waals surface area contributed by atoms with Gasteiger partial charge in [0.1, 0.15) is 28.3 Å². The summed E-state index contributed by atoms with van der Waals surface area (Å²) in [5, 5.41) is 1.48. The summed E-state index contributed by atoms with van der Waals surface area (Å²) in [5.74, 6) is -2.13. The molecule has 0 unspecified atom stereocenters. The molecule has 90 heavy (non-hydrogen) atoms. The van der Waals surface area contributed by atoms with E-state index in [1.807, 2.05) is 58.0 Å². The fourth-order valence-electron chi connectivity index (χ4n) is 10.4. The average molecular weight is 1230 g/mol. The van der Waals surface area contributed by atoms with Gasteiger partial charge in [-0.2, -0.15) is 0 Å². The molecule has 0 N–H and O–H groups in total. The first-order valence-corrected chi connectivity index (χ1v) is 29.4. The van der Waals surface area contributed by atoms with Gasteiger partial charge in [-0.05, 0) is 172 Å². The number of nitrogens with zero attached hydrogens (tertiary/aromatic N) is 6. The number of Topliss-reactive ketones (excluding diaryl/α,β-unsaturated/α-hetero) is 4. The van der Waals surface area contributed by atoms with E-state index in [1.54, 1.807) is 91.8 Å². The Morgan fingerprint density at radius 1 is 0.467 bits per heavy atom. The quantitative estimate of drug-likeness (QED) is 0.0342. The van der Waals surface area contributed by atoms with E-state index in [0.717, 1.165) is 16.7 Å². The number of hydrogen-bond acceptors (Lipinski definition) is 14. The SMILES string of the molecule is CC1(C)OB(c2ccncc2)OC1(C)C.O=C(Cc1ccc(F)cc1)C1(C(=O)Cc2ccc(Oc3ccnc4cc(-c5ccncc5)ncc34)c(F)c2)CC1.O=C(Cc1ccc(F)cc1)C1(C(=O)Cc2ccc(Oc3ccnc4cc(Cl)ncc34)c(F)c2)CC1. The van der Waals surface area contributed by atoms with Gasteiger partial charge in [0.05, 0.1) is 49.5 Å². The number of halogens is 5. The predicted molar refractivity (Wildman–Crippen MR) is 331 cm³/mol. The van der Waals surface area contributed by atoms with Gasteiger partial charge >= 0.3 is 7.12 Å². The van der Waals surface area contributed by atoms with Crippen LogP contribution < -0.4 is 14.9 Å². The number of benzene rings is 4. The van der Waals surface area contributed by atoms with Crippen molar-refractivity contribution in [2.45, 2.75) is 90.3 Å². The summed E-state index contributed by atoms with van der Waals surface area (Å²) in [6, 6.07) is 34.2. The fraction of sp³-hybridized carbons (Fsp3) is 0.229. The van der Waals surface area contributed by atoms with Crippen LogP contribution in [-0.2, 0) is 54.2 Å². The molecule has 13 rings (SSSR count). The zero-order valence-electron chi connectivity index (χ0n) is 49.4. The standard InChI is InChI=1S/C32H23F2N3O3.C27H19ClF2N2O3.C11H16BNO2/c33-23-4-1-20(2-5-23)16-30(38)32(10-11-32)31(39)17-21-3-6-29(25(34)15-21)40-28-9-14-36-27-18-26(37-19-24(27)28)22-7-12-35-13-8-22;28-26-14-21-19(15-32-26)22(7-10-31-21)35-23-6-3-17(11-20(23)30)13-25(34)27(8-9-27)24(33)12-16-1-4-18(29)5-2-16;1-10(2)11(3,4)15-12(14-10)9-5-7-13-8-6-9/h1-9,12-15,18-19H,10-11,16-17H2;1-7,10-11,14-15H,8-9,12-13H2;5-8H,1-4H3. The summed E-state index contributed by atoms with van der Waals surface area (Å²) in [4.78, 5) is 77.0. The summed E-state index contributed by atoms with van der Waals surface area (Å²) < 4.78 is 79.7. The number of ether oxygens (including phenoxy) is 2. The predicted octanol–water partition coefficient (Wildman–Crippen LogP) is 13.9. The number of aromatic nitrogens is 6. The Hall–Kier alpha value is -9.43. The van der Waals surface area contributed by atoms with E-state index in [9.17, 15) is 32.3 Å². The average Bonchev–Trinajstić information content (AvgIpc) is 1.89. The van der Waals surface area contributed by atoms with E-state index in [2.05, 4.69) is 29.9 Å². The number of ketones is 4. The zero-order valence-corrected chi connectivity index (χ0v) is 50.1. The van der Waals surface area contributed by atoms with Gasteiger partial charge in [-0.25, -0.2) is 22.5 Å². The van der Waals surface area contributed by atoms with Crippen LogP contribution >= 0.6 is 11.6 Å². The van der Waals surface area contributed by atoms with Crippen molar-refractivity contribution < 1.29 is 55.5 Å². The molecular formula is C70H58BClF4N6O8. The summed E-state index contributed by atoms with van der Waals surface area (Å²) in [5.41, 5.74) is 3.43. The lowest BCUT2D eigenvalue weighted by Crippen LogP contribution is -2.41. The monoisotopic (exact) mass is 1230 g/mol. The van der Waals surface area contributed by atoms with Crippen LogP contribution in [0.4, 0.5) is 17.6 Å². The van der Waals surface area contributed by atoms with Crippen molar-refractivity contribution >= 4 is 69.1 Å². The van der Waals surface area contributed by atoms with E-state index in [-0.39, 0.29) is 95.4 Å². The lowest BCUT2D eigenvalue weighted by molar-refractivity contribution is -0.135. The normalized spacial score (nSPS) is 15.4. The first-order valence-electron chi connectivity index (χ1n) is 29.0. The van der Waals surface area contributed by atoms with Crippen LogP contribution in [0.25, 0.3) is 33.1 Å². The minimum Gasteiger partial charge on any atom is -0.453 e. The number of carbonyl (C=O) groups excluding carboxylic acids is 4. The van der Waals surface area contributed by atoms with Crippen molar-refractivity contribution in [3.63, 3.8) is 0 Å². The summed E-state index contributed by atoms with van der Waals surface area (Å²) >= 11 is 5.90. The Morgan fingerprint density at radius 3 is 1.30 bits per heavy atom. The minimum atomic E-state index is -1.04. The third kappa shape index (κ3) is 14.0. The Kier molecular flexibility index (Phi) is 17.9. The van der Waals surface area contributed by atoms with E-state index < -0.39 is 22.5 Å². The fourth-order valence-corrected chi connectivity index (χ4v) is 10.5. The summed E-state index contributed by atoms with van der Waals surface area (Å²) in [6.07, 6.45) is 15.0. The lowest BCUT2D eigenvalue weighted by atomic mass is 9.80. The molecule has 7 heterocycles. The molecule has 2 aliphatic carbocycles. The van der Waals surface area contributed by atoms with Crippen molar-refractivity contribution in [1.29, 1.82) is 0 Å². The van der Waals surface area contributed by atoms with Crippen molar-refractivity contribution in [2.24, 2.45) is 10.8 Å². The van der Waals surface area contributed by atoms with Crippen LogP contribution in [-0.4, -0.2) is 71.4 Å². The second-order valence-electron chi connectivity index (χ2n) is 23.4. The second kappa shape index (κ2) is 26.0. The maximum absolute atomic E-state index is 15.1. The highest BCUT2D eigenvalue weighted by Crippen LogP contribution is 2.50. The molecule has 3 aliphatic rings. The first kappa shape index (κ1) is 62.2. The number of rotatable bonds is 18. The molecular weight excluding hydrogens is 1180 g/mol. The molecule has 14 nitrogen and oxygen atoms in total. The van der Waals surface area contributed by atoms with Gasteiger partial charge in [-0.15, -0.1) is 0 Å². The highest BCUT2D eigenvalue weighted by molar-refractivity contribution is 6.62. The van der Waals surface area contributed by atoms with Crippen LogP contribution in [0.1, 0.15) is 75.6 Å². The molecule has 0 spiro atoms. The second-order valence-corrected chi connectivity index (χ2v) is 23.8. The minimum absolute atomic E-state index is 0.00423. The van der Waals surface area contributed by atoms with Gasteiger partial charge in [-0.1, -0.05) is 48.0 Å². The number of fused-ring (bicyclic) bond motifs is 2. The Labute approximate surface area is 521 Å². The third-order valence-corrected chi connectivity index (χ3v) is 16.9. The van der Waals surface area contributed by atoms with Gasteiger partial charge in [0, 0.05) is 86.9 Å². The van der Waals surface area contributed by atoms with E-state index >= 15 is 4.39 Å². The van der Waals surface area contributed by atoms with Gasteiger partial charge in [0.15, 0.2) is 46.3 Å². The van der Waals surface area contributed by atoms with Crippen LogP contribution in [0.5, 0.6) is 23.0 Å². The maximum atomic E-state index is 15.1. The van der Waals surface area contributed by atoms with Crippen LogP contribution in [0.15, 0.2) is 183 Å². The van der Waals surface area contributed by atoms with E-state index in [1.165, 1.54) is 60.9 Å². The van der Waals surface area contributed by atoms with Gasteiger partial charge in [0.25, 0.3) is 0 Å². The lowest BCUT2D eigenvalue weighted by Gasteiger charge is -2.32. The molecule has 454 valence electrons. The Bertz CT molecular complexity index is 4320. The van der Waals surface area contributed by atoms with Crippen molar-refractivity contribution in [2.75, 3.05) is 0 Å². The molecule has 20 heteroatoms. The number of carbonyl (C=O) groups is 4. The molecule has 10 aromatic rings.